The van der Waals surface area contributed by atoms with Gasteiger partial charge in [0.1, 0.15) is 5.82 Å². The van der Waals surface area contributed by atoms with Crippen LogP contribution in [0.5, 0.6) is 0 Å². The number of hydrogen-bond donors (Lipinski definition) is 1. The Bertz CT molecular complexity index is 546. The van der Waals surface area contributed by atoms with Crippen molar-refractivity contribution in [2.24, 2.45) is 0 Å². The molecule has 0 aromatic heterocycles. The molecule has 0 fully saturated rings. The summed E-state index contributed by atoms with van der Waals surface area (Å²) in [5, 5.41) is 3.48. The van der Waals surface area contributed by atoms with Gasteiger partial charge < -0.3 is 5.32 Å². The molecule has 1 unspecified atom stereocenters. The average Bonchev–Trinajstić information content (AvgIpc) is 2.40. The summed E-state index contributed by atoms with van der Waals surface area (Å²) >= 11 is 0. The lowest BCUT2D eigenvalue weighted by atomic mass is 9.93. The first-order chi connectivity index (χ1) is 9.11. The lowest BCUT2D eigenvalue weighted by Gasteiger charge is -2.21. The van der Waals surface area contributed by atoms with E-state index in [9.17, 15) is 4.39 Å². The Morgan fingerprint density at radius 2 is 1.74 bits per heavy atom. The lowest BCUT2D eigenvalue weighted by molar-refractivity contribution is 0.612. The van der Waals surface area contributed by atoms with Gasteiger partial charge in [-0.2, -0.15) is 0 Å². The Kier molecular flexibility index (Phi) is 4.33. The largest absolute Gasteiger partial charge is 0.307 e. The highest BCUT2D eigenvalue weighted by molar-refractivity contribution is 5.39. The van der Waals surface area contributed by atoms with Gasteiger partial charge in [-0.3, -0.25) is 0 Å². The molecule has 0 aliphatic rings. The van der Waals surface area contributed by atoms with Crippen molar-refractivity contribution in [2.75, 3.05) is 6.54 Å². The van der Waals surface area contributed by atoms with Crippen LogP contribution in [0.3, 0.4) is 0 Å². The molecule has 0 aliphatic carbocycles. The first-order valence-corrected chi connectivity index (χ1v) is 6.68. The first kappa shape index (κ1) is 13.8. The predicted octanol–water partition coefficient (Wildman–Crippen LogP) is 4.14. The Balaban J connectivity index is 2.44. The Morgan fingerprint density at radius 1 is 1.05 bits per heavy atom. The zero-order valence-corrected chi connectivity index (χ0v) is 11.7. The second-order valence-corrected chi connectivity index (χ2v) is 4.90. The summed E-state index contributed by atoms with van der Waals surface area (Å²) < 4.78 is 13.1. The molecule has 0 heterocycles. The van der Waals surface area contributed by atoms with E-state index in [1.165, 1.54) is 28.8 Å². The fourth-order valence-corrected chi connectivity index (χ4v) is 2.34. The number of aryl methyl sites for hydroxylation is 2. The summed E-state index contributed by atoms with van der Waals surface area (Å²) in [6.45, 7) is 7.16. The van der Waals surface area contributed by atoms with E-state index in [1.54, 1.807) is 0 Å². The van der Waals surface area contributed by atoms with Gasteiger partial charge in [-0.25, -0.2) is 4.39 Å². The monoisotopic (exact) mass is 257 g/mol. The molecule has 1 atom stereocenters. The summed E-state index contributed by atoms with van der Waals surface area (Å²) in [4.78, 5) is 0. The Hall–Kier alpha value is -1.67. The van der Waals surface area contributed by atoms with E-state index < -0.39 is 0 Å². The van der Waals surface area contributed by atoms with E-state index in [0.717, 1.165) is 12.1 Å². The summed E-state index contributed by atoms with van der Waals surface area (Å²) in [5.41, 5.74) is 4.84. The Morgan fingerprint density at radius 3 is 2.37 bits per heavy atom. The van der Waals surface area contributed by atoms with Gasteiger partial charge in [0.15, 0.2) is 0 Å². The maximum atomic E-state index is 13.1. The molecule has 0 saturated heterocycles. The van der Waals surface area contributed by atoms with E-state index in [-0.39, 0.29) is 11.9 Å². The zero-order chi connectivity index (χ0) is 13.8. The van der Waals surface area contributed by atoms with Gasteiger partial charge >= 0.3 is 0 Å². The molecule has 0 bridgehead atoms. The van der Waals surface area contributed by atoms with Crippen LogP contribution in [0, 0.1) is 19.7 Å². The molecule has 2 aromatic carbocycles. The van der Waals surface area contributed by atoms with Gasteiger partial charge in [0.25, 0.3) is 0 Å². The van der Waals surface area contributed by atoms with Crippen LogP contribution < -0.4 is 5.32 Å². The first-order valence-electron chi connectivity index (χ1n) is 6.68. The normalized spacial score (nSPS) is 12.4. The van der Waals surface area contributed by atoms with Gasteiger partial charge in [0.05, 0.1) is 6.04 Å². The standard InChI is InChI=1S/C17H20FN/c1-4-19-17(14-7-9-15(18)10-8-14)16-11-12(2)5-6-13(16)3/h5-11,17,19H,4H2,1-3H3. The molecule has 0 saturated carbocycles. The van der Waals surface area contributed by atoms with Crippen LogP contribution in [0.1, 0.15) is 35.2 Å². The number of nitrogens with one attached hydrogen (secondary N) is 1. The average molecular weight is 257 g/mol. The molecule has 1 N–H and O–H groups in total. The minimum absolute atomic E-state index is 0.116. The lowest BCUT2D eigenvalue weighted by Crippen LogP contribution is -2.22. The topological polar surface area (TPSA) is 12.0 Å². The molecule has 0 amide bonds. The van der Waals surface area contributed by atoms with Crippen molar-refractivity contribution in [3.05, 3.63) is 70.5 Å². The summed E-state index contributed by atoms with van der Waals surface area (Å²) in [5.74, 6) is -0.194. The second-order valence-electron chi connectivity index (χ2n) is 4.90. The third-order valence-electron chi connectivity index (χ3n) is 3.36. The molecule has 0 aliphatic heterocycles. The van der Waals surface area contributed by atoms with Gasteiger partial charge in [-0.05, 0) is 49.2 Å². The number of halogens is 1. The van der Waals surface area contributed by atoms with Crippen molar-refractivity contribution in [3.8, 4) is 0 Å². The maximum Gasteiger partial charge on any atom is 0.123 e. The van der Waals surface area contributed by atoms with E-state index >= 15 is 0 Å². The minimum atomic E-state index is -0.194. The molecule has 0 radical (unpaired) electrons. The van der Waals surface area contributed by atoms with E-state index in [4.69, 9.17) is 0 Å². The third kappa shape index (κ3) is 3.21. The fraction of sp³-hybridized carbons (Fsp3) is 0.294. The van der Waals surface area contributed by atoms with Crippen molar-refractivity contribution >= 4 is 0 Å². The highest BCUT2D eigenvalue weighted by Crippen LogP contribution is 2.26. The highest BCUT2D eigenvalue weighted by atomic mass is 19.1. The smallest absolute Gasteiger partial charge is 0.123 e. The second kappa shape index (κ2) is 5.98. The summed E-state index contributed by atoms with van der Waals surface area (Å²) in [6.07, 6.45) is 0. The van der Waals surface area contributed by atoms with Crippen molar-refractivity contribution in [1.82, 2.24) is 5.32 Å². The number of benzene rings is 2. The third-order valence-corrected chi connectivity index (χ3v) is 3.36. The molecule has 2 rings (SSSR count). The molecule has 2 heteroatoms. The molecule has 0 spiro atoms. The van der Waals surface area contributed by atoms with Gasteiger partial charge in [-0.15, -0.1) is 0 Å². The number of hydrogen-bond acceptors (Lipinski definition) is 1. The zero-order valence-electron chi connectivity index (χ0n) is 11.7. The minimum Gasteiger partial charge on any atom is -0.307 e. The van der Waals surface area contributed by atoms with E-state index in [1.807, 2.05) is 12.1 Å². The quantitative estimate of drug-likeness (QED) is 0.868. The van der Waals surface area contributed by atoms with E-state index in [0.29, 0.717) is 0 Å². The predicted molar refractivity (Wildman–Crippen MR) is 77.8 cm³/mol. The van der Waals surface area contributed by atoms with Gasteiger partial charge in [0.2, 0.25) is 0 Å². The van der Waals surface area contributed by atoms with Crippen molar-refractivity contribution < 1.29 is 4.39 Å². The van der Waals surface area contributed by atoms with Gasteiger partial charge in [0, 0.05) is 0 Å². The number of rotatable bonds is 4. The maximum absolute atomic E-state index is 13.1. The fourth-order valence-electron chi connectivity index (χ4n) is 2.34. The summed E-state index contributed by atoms with van der Waals surface area (Å²) in [7, 11) is 0. The molecular formula is C17H20FN. The van der Waals surface area contributed by atoms with Crippen molar-refractivity contribution in [3.63, 3.8) is 0 Å². The van der Waals surface area contributed by atoms with Crippen LogP contribution in [0.2, 0.25) is 0 Å². The van der Waals surface area contributed by atoms with Crippen LogP contribution in [-0.4, -0.2) is 6.54 Å². The molecular weight excluding hydrogens is 237 g/mol. The van der Waals surface area contributed by atoms with Crippen LogP contribution in [0.25, 0.3) is 0 Å². The van der Waals surface area contributed by atoms with Crippen LogP contribution >= 0.6 is 0 Å². The summed E-state index contributed by atoms with van der Waals surface area (Å²) in [6, 6.07) is 13.3. The van der Waals surface area contributed by atoms with Crippen LogP contribution in [0.4, 0.5) is 4.39 Å². The highest BCUT2D eigenvalue weighted by Gasteiger charge is 2.15. The molecule has 19 heavy (non-hydrogen) atoms. The van der Waals surface area contributed by atoms with Crippen LogP contribution in [0.15, 0.2) is 42.5 Å². The van der Waals surface area contributed by atoms with Crippen LogP contribution in [-0.2, 0) is 0 Å². The molecule has 1 nitrogen and oxygen atoms in total. The molecule has 100 valence electrons. The Labute approximate surface area is 114 Å². The van der Waals surface area contributed by atoms with E-state index in [2.05, 4.69) is 44.3 Å². The van der Waals surface area contributed by atoms with Crippen molar-refractivity contribution in [2.45, 2.75) is 26.8 Å². The van der Waals surface area contributed by atoms with Gasteiger partial charge in [-0.1, -0.05) is 42.8 Å². The SMILES string of the molecule is CCNC(c1ccc(F)cc1)c1cc(C)ccc1C. The van der Waals surface area contributed by atoms with Crippen molar-refractivity contribution in [1.29, 1.82) is 0 Å². The molecule has 2 aromatic rings.